The number of anilines is 1. The summed E-state index contributed by atoms with van der Waals surface area (Å²) in [4.78, 5) is 11.3. The molecule has 3 aromatic rings. The molecule has 1 N–H and O–H groups in total. The van der Waals surface area contributed by atoms with Crippen molar-refractivity contribution in [1.82, 2.24) is 9.78 Å². The average Bonchev–Trinajstić information content (AvgIpc) is 3.13. The Hall–Kier alpha value is -2.70. The van der Waals surface area contributed by atoms with E-state index in [0.717, 1.165) is 0 Å². The van der Waals surface area contributed by atoms with E-state index in [-0.39, 0.29) is 15.8 Å². The molecular formula is C20H8Cl4F6N4O3S. The first-order valence-corrected chi connectivity index (χ1v) is 12.2. The van der Waals surface area contributed by atoms with Gasteiger partial charge in [0.2, 0.25) is 0 Å². The summed E-state index contributed by atoms with van der Waals surface area (Å²) >= 11 is 23.6. The van der Waals surface area contributed by atoms with E-state index < -0.39 is 72.7 Å². The molecule has 1 aromatic heterocycles. The van der Waals surface area contributed by atoms with Crippen molar-refractivity contribution >= 4 is 68.9 Å². The normalized spacial score (nSPS) is 12.7. The summed E-state index contributed by atoms with van der Waals surface area (Å²) in [5.74, 6) is -2.21. The van der Waals surface area contributed by atoms with Gasteiger partial charge in [0, 0.05) is 5.02 Å². The van der Waals surface area contributed by atoms with E-state index in [2.05, 4.69) is 5.10 Å². The highest BCUT2D eigenvalue weighted by Crippen LogP contribution is 2.41. The molecule has 2 aromatic carbocycles. The van der Waals surface area contributed by atoms with Crippen LogP contribution >= 0.6 is 46.4 Å². The number of carbonyl (C=O) groups excluding carboxylic acids is 1. The van der Waals surface area contributed by atoms with Crippen molar-refractivity contribution in [2.75, 3.05) is 11.9 Å². The summed E-state index contributed by atoms with van der Waals surface area (Å²) in [7, 11) is -3.93. The highest BCUT2D eigenvalue weighted by Gasteiger charge is 2.43. The zero-order valence-electron chi connectivity index (χ0n) is 17.8. The van der Waals surface area contributed by atoms with Gasteiger partial charge in [0.25, 0.3) is 5.91 Å². The van der Waals surface area contributed by atoms with Gasteiger partial charge in [-0.15, -0.1) is 0 Å². The number of nitriles is 1. The number of aromatic nitrogens is 2. The van der Waals surface area contributed by atoms with E-state index in [9.17, 15) is 40.6 Å². The predicted molar refractivity (Wildman–Crippen MR) is 126 cm³/mol. The molecule has 0 aliphatic rings. The molecular weight excluding hydrogens is 632 g/mol. The third-order valence-electron chi connectivity index (χ3n) is 4.41. The Morgan fingerprint density at radius 2 is 1.66 bits per heavy atom. The van der Waals surface area contributed by atoms with Gasteiger partial charge in [-0.3, -0.25) is 4.79 Å². The highest BCUT2D eigenvalue weighted by atomic mass is 35.5. The smallest absolute Gasteiger partial charge is 0.476 e. The minimum atomic E-state index is -5.43. The predicted octanol–water partition coefficient (Wildman–Crippen LogP) is 7.02. The number of halogens is 10. The van der Waals surface area contributed by atoms with Crippen molar-refractivity contribution in [3.63, 3.8) is 0 Å². The van der Waals surface area contributed by atoms with Crippen LogP contribution in [0.15, 0.2) is 35.2 Å². The molecule has 3 rings (SSSR count). The van der Waals surface area contributed by atoms with Gasteiger partial charge in [0.05, 0.1) is 20.6 Å². The van der Waals surface area contributed by atoms with Crippen molar-refractivity contribution in [2.24, 2.45) is 0 Å². The molecule has 0 aliphatic heterocycles. The number of carbonyl (C=O) groups is 1. The Bertz CT molecular complexity index is 1460. The topological polar surface area (TPSA) is 97.0 Å². The maximum Gasteiger partial charge on any atom is 0.476 e. The number of alkyl halides is 6. The summed E-state index contributed by atoms with van der Waals surface area (Å²) in [6, 6.07) is 6.03. The fraction of sp³-hybridized carbons (Fsp3) is 0.150. The first kappa shape index (κ1) is 29.9. The maximum atomic E-state index is 13.4. The highest BCUT2D eigenvalue weighted by molar-refractivity contribution is 7.86. The van der Waals surface area contributed by atoms with Crippen LogP contribution in [0.3, 0.4) is 0 Å². The molecule has 1 unspecified atom stereocenters. The van der Waals surface area contributed by atoms with Crippen LogP contribution < -0.4 is 10.1 Å². The number of hydrogen-bond donors (Lipinski definition) is 1. The van der Waals surface area contributed by atoms with Gasteiger partial charge in [-0.1, -0.05) is 46.4 Å². The van der Waals surface area contributed by atoms with Crippen molar-refractivity contribution in [3.05, 3.63) is 61.7 Å². The first-order chi connectivity index (χ1) is 17.5. The number of ether oxygens (including phenoxy) is 1. The van der Waals surface area contributed by atoms with Crippen LogP contribution in [0.25, 0.3) is 5.69 Å². The molecule has 0 saturated heterocycles. The Morgan fingerprint density at radius 1 is 1.05 bits per heavy atom. The molecule has 0 spiro atoms. The van der Waals surface area contributed by atoms with Crippen molar-refractivity contribution in [1.29, 1.82) is 5.26 Å². The summed E-state index contributed by atoms with van der Waals surface area (Å²) < 4.78 is 97.4. The molecule has 202 valence electrons. The molecule has 1 amide bonds. The number of nitrogens with zero attached hydrogens (tertiary/aromatic N) is 3. The van der Waals surface area contributed by atoms with Gasteiger partial charge in [0.15, 0.2) is 28.9 Å². The lowest BCUT2D eigenvalue weighted by Gasteiger charge is -2.16. The van der Waals surface area contributed by atoms with Crippen molar-refractivity contribution < 1.29 is 40.1 Å². The first-order valence-electron chi connectivity index (χ1n) is 9.50. The largest absolute Gasteiger partial charge is 0.482 e. The average molecular weight is 640 g/mol. The Morgan fingerprint density at radius 3 is 2.16 bits per heavy atom. The second kappa shape index (κ2) is 11.2. The van der Waals surface area contributed by atoms with E-state index in [1.165, 1.54) is 24.3 Å². The molecule has 38 heavy (non-hydrogen) atoms. The monoisotopic (exact) mass is 638 g/mol. The fourth-order valence-electron chi connectivity index (χ4n) is 2.87. The van der Waals surface area contributed by atoms with E-state index in [1.807, 2.05) is 5.32 Å². The molecule has 1 heterocycles. The quantitative estimate of drug-likeness (QED) is 0.292. The molecule has 0 bridgehead atoms. The van der Waals surface area contributed by atoms with E-state index in [1.54, 1.807) is 0 Å². The van der Waals surface area contributed by atoms with E-state index in [0.29, 0.717) is 16.8 Å². The van der Waals surface area contributed by atoms with Crippen LogP contribution in [-0.2, 0) is 21.8 Å². The maximum absolute atomic E-state index is 13.4. The lowest BCUT2D eigenvalue weighted by atomic mass is 10.2. The molecule has 1 atom stereocenters. The van der Waals surface area contributed by atoms with Crippen LogP contribution in [0.4, 0.5) is 32.2 Å². The summed E-state index contributed by atoms with van der Waals surface area (Å²) in [5, 5.41) is 13.6. The summed E-state index contributed by atoms with van der Waals surface area (Å²) in [6.07, 6.45) is -4.89. The lowest BCUT2D eigenvalue weighted by Crippen LogP contribution is -2.24. The Labute approximate surface area is 231 Å². The molecule has 0 fully saturated rings. The molecule has 0 radical (unpaired) electrons. The van der Waals surface area contributed by atoms with Gasteiger partial charge in [0.1, 0.15) is 22.4 Å². The Kier molecular flexibility index (Phi) is 8.79. The number of rotatable bonds is 6. The lowest BCUT2D eigenvalue weighted by molar-refractivity contribution is -0.137. The van der Waals surface area contributed by atoms with Gasteiger partial charge in [-0.25, -0.2) is 8.89 Å². The number of amides is 1. The molecule has 18 heteroatoms. The second-order valence-corrected chi connectivity index (χ2v) is 10.0. The Balaban J connectivity index is 2.12. The summed E-state index contributed by atoms with van der Waals surface area (Å²) in [6.45, 7) is -0.874. The standard InChI is InChI=1S/C20H8Cl4F6N4O3S/c21-9-1-2-14(10(22)5-9)37-7-15(35)32-18-17(38(36)20(28,29)30)13(6-31)33-34(18)16-11(23)3-8(4-12(16)24)19(25,26)27/h1-5H,7H2,(H,32,35). The van der Waals surface area contributed by atoms with Crippen LogP contribution in [0.2, 0.25) is 20.1 Å². The third kappa shape index (κ3) is 6.47. The number of hydrogen-bond acceptors (Lipinski definition) is 5. The minimum absolute atomic E-state index is 0.00992. The van der Waals surface area contributed by atoms with Gasteiger partial charge in [-0.05, 0) is 30.3 Å². The van der Waals surface area contributed by atoms with E-state index in [4.69, 9.17) is 51.1 Å². The summed E-state index contributed by atoms with van der Waals surface area (Å²) in [5.41, 5.74) is -8.45. The van der Waals surface area contributed by atoms with Crippen LogP contribution in [0.1, 0.15) is 11.3 Å². The van der Waals surface area contributed by atoms with Crippen molar-refractivity contribution in [3.8, 4) is 17.5 Å². The molecule has 0 saturated carbocycles. The SMILES string of the molecule is N#Cc1nn(-c2c(Cl)cc(C(F)(F)F)cc2Cl)c(NC(=O)COc2ccc(Cl)cc2Cl)c1S(=O)C(F)(F)F. The van der Waals surface area contributed by atoms with Gasteiger partial charge < -0.3 is 10.1 Å². The minimum Gasteiger partial charge on any atom is -0.482 e. The zero-order valence-corrected chi connectivity index (χ0v) is 21.7. The van der Waals surface area contributed by atoms with Crippen molar-refractivity contribution in [2.45, 2.75) is 16.6 Å². The number of nitrogens with one attached hydrogen (secondary N) is 1. The van der Waals surface area contributed by atoms with Gasteiger partial charge >= 0.3 is 11.7 Å². The van der Waals surface area contributed by atoms with Crippen LogP contribution in [-0.4, -0.2) is 32.0 Å². The molecule has 7 nitrogen and oxygen atoms in total. The van der Waals surface area contributed by atoms with Crippen LogP contribution in [0.5, 0.6) is 5.75 Å². The fourth-order valence-corrected chi connectivity index (χ4v) is 4.79. The zero-order chi connectivity index (χ0) is 28.6. The number of benzene rings is 2. The molecule has 0 aliphatic carbocycles. The van der Waals surface area contributed by atoms with Gasteiger partial charge in [-0.2, -0.15) is 36.7 Å². The van der Waals surface area contributed by atoms with Crippen LogP contribution in [0, 0.1) is 11.3 Å². The second-order valence-electron chi connectivity index (χ2n) is 6.96. The van der Waals surface area contributed by atoms with E-state index >= 15 is 0 Å². The third-order valence-corrected chi connectivity index (χ3v) is 6.69.